The molecule has 1 saturated heterocycles. The maximum Gasteiger partial charge on any atom is 0.407 e. The summed E-state index contributed by atoms with van der Waals surface area (Å²) in [5.41, 5.74) is 1.40. The maximum atomic E-state index is 13.3. The number of halogens is 2. The average Bonchev–Trinajstić information content (AvgIpc) is 2.73. The van der Waals surface area contributed by atoms with Gasteiger partial charge in [0.2, 0.25) is 0 Å². The van der Waals surface area contributed by atoms with Crippen LogP contribution in [0.5, 0.6) is 0 Å². The summed E-state index contributed by atoms with van der Waals surface area (Å²) >= 11 is 3.42. The summed E-state index contributed by atoms with van der Waals surface area (Å²) in [5, 5.41) is 10.2. The van der Waals surface area contributed by atoms with E-state index in [0.717, 1.165) is 10.9 Å². The molecule has 0 saturated carbocycles. The van der Waals surface area contributed by atoms with Crippen molar-refractivity contribution in [3.05, 3.63) is 34.2 Å². The van der Waals surface area contributed by atoms with Gasteiger partial charge in [-0.25, -0.2) is 9.18 Å². The molecule has 0 bridgehead atoms. The molecular formula is C14H14BrFN2O3. The Balaban J connectivity index is 2.17. The Morgan fingerprint density at radius 3 is 3.05 bits per heavy atom. The van der Waals surface area contributed by atoms with Gasteiger partial charge in [-0.15, -0.1) is 0 Å². The van der Waals surface area contributed by atoms with Crippen molar-refractivity contribution in [2.75, 3.05) is 13.2 Å². The van der Waals surface area contributed by atoms with Crippen molar-refractivity contribution in [3.8, 4) is 0 Å². The van der Waals surface area contributed by atoms with E-state index in [-0.39, 0.29) is 11.9 Å². The van der Waals surface area contributed by atoms with Crippen LogP contribution in [0, 0.1) is 5.82 Å². The third-order valence-corrected chi connectivity index (χ3v) is 4.41. The third kappa shape index (κ3) is 2.40. The summed E-state index contributed by atoms with van der Waals surface area (Å²) in [7, 11) is 0. The van der Waals surface area contributed by atoms with E-state index in [1.165, 1.54) is 17.0 Å². The molecule has 1 amide bonds. The second-order valence-electron chi connectivity index (χ2n) is 5.04. The zero-order valence-electron chi connectivity index (χ0n) is 11.3. The number of nitrogens with one attached hydrogen (secondary N) is 1. The molecule has 1 aliphatic heterocycles. The molecule has 5 nitrogen and oxygen atoms in total. The number of morpholine rings is 1. The number of hydrogen-bond acceptors (Lipinski definition) is 2. The number of aromatic amines is 1. The number of ether oxygens (including phenoxy) is 1. The van der Waals surface area contributed by atoms with Crippen LogP contribution in [0.1, 0.15) is 18.5 Å². The Bertz CT molecular complexity index is 703. The largest absolute Gasteiger partial charge is 0.465 e. The molecular weight excluding hydrogens is 343 g/mol. The lowest BCUT2D eigenvalue weighted by molar-refractivity contribution is -0.0530. The molecule has 0 radical (unpaired) electrons. The van der Waals surface area contributed by atoms with E-state index in [9.17, 15) is 14.3 Å². The average molecular weight is 357 g/mol. The lowest BCUT2D eigenvalue weighted by Gasteiger charge is -2.38. The summed E-state index contributed by atoms with van der Waals surface area (Å²) in [6.45, 7) is 2.53. The topological polar surface area (TPSA) is 65.6 Å². The number of H-pyrrole nitrogens is 1. The van der Waals surface area contributed by atoms with Gasteiger partial charge in [0.1, 0.15) is 5.82 Å². The van der Waals surface area contributed by atoms with Crippen molar-refractivity contribution in [3.63, 3.8) is 0 Å². The summed E-state index contributed by atoms with van der Waals surface area (Å²) in [5.74, 6) is -0.342. The molecule has 112 valence electrons. The SMILES string of the molecule is CC1OCCN(C(=O)O)C1c1c(Br)[nH]c2cc(F)ccc12. The van der Waals surface area contributed by atoms with Gasteiger partial charge in [-0.2, -0.15) is 0 Å². The van der Waals surface area contributed by atoms with E-state index < -0.39 is 12.1 Å². The lowest BCUT2D eigenvalue weighted by atomic mass is 9.98. The van der Waals surface area contributed by atoms with E-state index in [4.69, 9.17) is 4.74 Å². The van der Waals surface area contributed by atoms with Crippen LogP contribution in [-0.4, -0.2) is 40.3 Å². The zero-order valence-corrected chi connectivity index (χ0v) is 12.9. The van der Waals surface area contributed by atoms with Crippen LogP contribution in [0.4, 0.5) is 9.18 Å². The van der Waals surface area contributed by atoms with Crippen molar-refractivity contribution in [1.82, 2.24) is 9.88 Å². The smallest absolute Gasteiger partial charge is 0.407 e. The van der Waals surface area contributed by atoms with E-state index in [1.54, 1.807) is 6.07 Å². The Labute approximate surface area is 128 Å². The highest BCUT2D eigenvalue weighted by molar-refractivity contribution is 9.10. The van der Waals surface area contributed by atoms with Gasteiger partial charge in [0.25, 0.3) is 0 Å². The molecule has 7 heteroatoms. The summed E-state index contributed by atoms with van der Waals surface area (Å²) in [6.07, 6.45) is -1.27. The monoisotopic (exact) mass is 356 g/mol. The first-order valence-corrected chi connectivity index (χ1v) is 7.36. The fourth-order valence-corrected chi connectivity index (χ4v) is 3.54. The number of hydrogen-bond donors (Lipinski definition) is 2. The zero-order chi connectivity index (χ0) is 15.1. The summed E-state index contributed by atoms with van der Waals surface area (Å²) < 4.78 is 19.6. The van der Waals surface area contributed by atoms with Crippen LogP contribution >= 0.6 is 15.9 Å². The molecule has 1 fully saturated rings. The molecule has 2 heterocycles. The number of nitrogens with zero attached hydrogens (tertiary/aromatic N) is 1. The van der Waals surface area contributed by atoms with Gasteiger partial charge < -0.3 is 14.8 Å². The first-order valence-electron chi connectivity index (χ1n) is 6.57. The second kappa shape index (κ2) is 5.31. The number of carboxylic acid groups (broad SMARTS) is 1. The quantitative estimate of drug-likeness (QED) is 0.821. The van der Waals surface area contributed by atoms with Gasteiger partial charge in [-0.05, 0) is 41.1 Å². The molecule has 21 heavy (non-hydrogen) atoms. The van der Waals surface area contributed by atoms with Crippen LogP contribution in [0.15, 0.2) is 22.8 Å². The Hall–Kier alpha value is -1.60. The molecule has 2 aromatic rings. The van der Waals surface area contributed by atoms with Gasteiger partial charge in [0.05, 0.1) is 23.4 Å². The fraction of sp³-hybridized carbons (Fsp3) is 0.357. The summed E-state index contributed by atoms with van der Waals surface area (Å²) in [6, 6.07) is 3.97. The fourth-order valence-electron chi connectivity index (χ4n) is 2.87. The van der Waals surface area contributed by atoms with E-state index in [0.29, 0.717) is 23.3 Å². The van der Waals surface area contributed by atoms with Crippen molar-refractivity contribution in [1.29, 1.82) is 0 Å². The van der Waals surface area contributed by atoms with Gasteiger partial charge in [0.15, 0.2) is 0 Å². The first-order chi connectivity index (χ1) is 9.99. The molecule has 2 atom stereocenters. The van der Waals surface area contributed by atoms with Crippen molar-refractivity contribution >= 4 is 32.9 Å². The van der Waals surface area contributed by atoms with Crippen LogP contribution in [0.2, 0.25) is 0 Å². The number of amides is 1. The molecule has 1 aromatic carbocycles. The highest BCUT2D eigenvalue weighted by atomic mass is 79.9. The summed E-state index contributed by atoms with van der Waals surface area (Å²) in [4.78, 5) is 15.9. The highest BCUT2D eigenvalue weighted by Crippen LogP contribution is 2.39. The maximum absolute atomic E-state index is 13.3. The van der Waals surface area contributed by atoms with Gasteiger partial charge in [0, 0.05) is 23.0 Å². The number of aromatic nitrogens is 1. The Morgan fingerprint density at radius 2 is 2.33 bits per heavy atom. The first kappa shape index (κ1) is 14.3. The van der Waals surface area contributed by atoms with Crippen molar-refractivity contribution in [2.24, 2.45) is 0 Å². The van der Waals surface area contributed by atoms with Gasteiger partial charge in [-0.3, -0.25) is 4.90 Å². The van der Waals surface area contributed by atoms with E-state index in [1.807, 2.05) is 6.92 Å². The molecule has 0 spiro atoms. The predicted molar refractivity (Wildman–Crippen MR) is 78.8 cm³/mol. The Kier molecular flexibility index (Phi) is 3.62. The number of fused-ring (bicyclic) bond motifs is 1. The molecule has 2 unspecified atom stereocenters. The van der Waals surface area contributed by atoms with E-state index in [2.05, 4.69) is 20.9 Å². The third-order valence-electron chi connectivity index (χ3n) is 3.79. The normalized spacial score (nSPS) is 22.7. The van der Waals surface area contributed by atoms with Gasteiger partial charge in [-0.1, -0.05) is 0 Å². The van der Waals surface area contributed by atoms with Crippen molar-refractivity contribution in [2.45, 2.75) is 19.1 Å². The molecule has 0 aliphatic carbocycles. The lowest BCUT2D eigenvalue weighted by Crippen LogP contribution is -2.46. The van der Waals surface area contributed by atoms with Crippen LogP contribution in [0.3, 0.4) is 0 Å². The molecule has 1 aromatic heterocycles. The van der Waals surface area contributed by atoms with Crippen molar-refractivity contribution < 1.29 is 19.0 Å². The minimum atomic E-state index is -0.987. The number of rotatable bonds is 1. The van der Waals surface area contributed by atoms with Crippen LogP contribution in [-0.2, 0) is 4.74 Å². The molecule has 1 aliphatic rings. The minimum absolute atomic E-state index is 0.282. The van der Waals surface area contributed by atoms with E-state index >= 15 is 0 Å². The number of carbonyl (C=O) groups is 1. The predicted octanol–water partition coefficient (Wildman–Crippen LogP) is 3.51. The Morgan fingerprint density at radius 1 is 1.57 bits per heavy atom. The second-order valence-corrected chi connectivity index (χ2v) is 5.83. The van der Waals surface area contributed by atoms with Gasteiger partial charge >= 0.3 is 6.09 Å². The van der Waals surface area contributed by atoms with Crippen LogP contribution in [0.25, 0.3) is 10.9 Å². The van der Waals surface area contributed by atoms with Crippen LogP contribution < -0.4 is 0 Å². The molecule has 2 N–H and O–H groups in total. The molecule has 3 rings (SSSR count). The minimum Gasteiger partial charge on any atom is -0.465 e. The highest BCUT2D eigenvalue weighted by Gasteiger charge is 2.36. The number of benzene rings is 1. The standard InChI is InChI=1S/C14H14BrFN2O3/c1-7-12(18(14(19)20)4-5-21-7)11-9-3-2-8(16)6-10(9)17-13(11)15/h2-3,6-7,12,17H,4-5H2,1H3,(H,19,20).